The Labute approximate surface area is 238 Å². The minimum Gasteiger partial charge on any atom is -0.507 e. The molecule has 1 saturated heterocycles. The number of rotatable bonds is 7. The lowest BCUT2D eigenvalue weighted by molar-refractivity contribution is -0.132. The maximum Gasteiger partial charge on any atom is 0.300 e. The molecule has 1 amide bonds. The second kappa shape index (κ2) is 11.3. The van der Waals surface area contributed by atoms with Gasteiger partial charge in [0.1, 0.15) is 17.3 Å². The van der Waals surface area contributed by atoms with Gasteiger partial charge >= 0.3 is 0 Å². The van der Waals surface area contributed by atoms with Gasteiger partial charge in [-0.05, 0) is 47.2 Å². The number of anilines is 1. The summed E-state index contributed by atoms with van der Waals surface area (Å²) in [5, 5.41) is 12.0. The molecular formula is C31H31Cl2NO5. The van der Waals surface area contributed by atoms with Gasteiger partial charge in [-0.2, -0.15) is 0 Å². The van der Waals surface area contributed by atoms with Crippen molar-refractivity contribution < 1.29 is 24.2 Å². The number of methoxy groups -OCH3 is 1. The number of benzene rings is 3. The summed E-state index contributed by atoms with van der Waals surface area (Å²) in [7, 11) is 1.40. The van der Waals surface area contributed by atoms with Crippen LogP contribution in [-0.2, 0) is 15.0 Å². The van der Waals surface area contributed by atoms with Crippen molar-refractivity contribution in [3.63, 3.8) is 0 Å². The number of carbonyl (C=O) groups excluding carboxylic acids is 2. The van der Waals surface area contributed by atoms with Crippen LogP contribution in [0.4, 0.5) is 5.69 Å². The highest BCUT2D eigenvalue weighted by Gasteiger charge is 2.47. The summed E-state index contributed by atoms with van der Waals surface area (Å²) < 4.78 is 11.2. The normalized spacial score (nSPS) is 17.0. The first-order valence-corrected chi connectivity index (χ1v) is 13.4. The highest BCUT2D eigenvalue weighted by Crippen LogP contribution is 2.45. The van der Waals surface area contributed by atoms with Crippen LogP contribution in [0.5, 0.6) is 11.5 Å². The molecule has 1 atom stereocenters. The Balaban J connectivity index is 1.96. The SMILES string of the molecule is CCCOc1cccc(N2C(=O)C(=O)/C(=C(/O)c3cc(Cl)cc(Cl)c3OC)C2c2ccc(C(C)(C)C)cc2)c1. The maximum absolute atomic E-state index is 13.6. The zero-order valence-corrected chi connectivity index (χ0v) is 24.1. The number of halogens is 2. The third-order valence-corrected chi connectivity index (χ3v) is 7.07. The fourth-order valence-electron chi connectivity index (χ4n) is 4.61. The van der Waals surface area contributed by atoms with Crippen LogP contribution in [0.25, 0.3) is 5.76 Å². The maximum atomic E-state index is 13.6. The van der Waals surface area contributed by atoms with Gasteiger partial charge in [-0.25, -0.2) is 0 Å². The molecule has 0 saturated carbocycles. The van der Waals surface area contributed by atoms with Gasteiger partial charge in [0.2, 0.25) is 0 Å². The largest absolute Gasteiger partial charge is 0.507 e. The van der Waals surface area contributed by atoms with Crippen LogP contribution in [0.2, 0.25) is 10.0 Å². The molecule has 1 N–H and O–H groups in total. The quantitative estimate of drug-likeness (QED) is 0.180. The highest BCUT2D eigenvalue weighted by atomic mass is 35.5. The molecule has 3 aromatic rings. The van der Waals surface area contributed by atoms with Crippen molar-refractivity contribution in [2.45, 2.75) is 45.6 Å². The number of ketones is 1. The van der Waals surface area contributed by atoms with Gasteiger partial charge in [0.05, 0.1) is 35.9 Å². The summed E-state index contributed by atoms with van der Waals surface area (Å²) in [4.78, 5) is 28.6. The van der Waals surface area contributed by atoms with Crippen molar-refractivity contribution in [1.82, 2.24) is 0 Å². The zero-order chi connectivity index (χ0) is 28.5. The topological polar surface area (TPSA) is 76.1 Å². The average Bonchev–Trinajstić information content (AvgIpc) is 3.16. The van der Waals surface area contributed by atoms with Crippen molar-refractivity contribution in [3.05, 3.63) is 93.0 Å². The molecule has 1 aliphatic heterocycles. The number of hydrogen-bond acceptors (Lipinski definition) is 5. The number of amides is 1. The van der Waals surface area contributed by atoms with Gasteiger partial charge in [0.15, 0.2) is 0 Å². The molecule has 1 aliphatic rings. The van der Waals surface area contributed by atoms with Gasteiger partial charge < -0.3 is 14.6 Å². The first-order valence-electron chi connectivity index (χ1n) is 12.7. The second-order valence-electron chi connectivity index (χ2n) is 10.4. The number of carbonyl (C=O) groups is 2. The van der Waals surface area contributed by atoms with Crippen LogP contribution in [0, 0.1) is 0 Å². The number of aliphatic hydroxyl groups excluding tert-OH is 1. The fourth-order valence-corrected chi connectivity index (χ4v) is 5.18. The Hall–Kier alpha value is -3.48. The lowest BCUT2D eigenvalue weighted by Crippen LogP contribution is -2.29. The third kappa shape index (κ3) is 5.63. The number of nitrogens with zero attached hydrogens (tertiary/aromatic N) is 1. The van der Waals surface area contributed by atoms with Crippen LogP contribution in [-0.4, -0.2) is 30.5 Å². The summed E-state index contributed by atoms with van der Waals surface area (Å²) in [6.07, 6.45) is 0.818. The Bertz CT molecular complexity index is 1440. The van der Waals surface area contributed by atoms with E-state index in [1.165, 1.54) is 24.1 Å². The van der Waals surface area contributed by atoms with E-state index in [-0.39, 0.29) is 32.3 Å². The number of Topliss-reactive ketones (excluding diaryl/α,β-unsaturated/α-hetero) is 1. The summed E-state index contributed by atoms with van der Waals surface area (Å²) in [6.45, 7) is 8.82. The molecule has 1 unspecified atom stereocenters. The predicted octanol–water partition coefficient (Wildman–Crippen LogP) is 7.71. The molecule has 0 bridgehead atoms. The van der Waals surface area contributed by atoms with E-state index in [1.807, 2.05) is 31.2 Å². The number of hydrogen-bond donors (Lipinski definition) is 1. The Morgan fingerprint density at radius 2 is 1.72 bits per heavy atom. The summed E-state index contributed by atoms with van der Waals surface area (Å²) in [6, 6.07) is 16.7. The Kier molecular flexibility index (Phi) is 8.28. The van der Waals surface area contributed by atoms with Gasteiger partial charge in [0, 0.05) is 16.8 Å². The molecule has 0 aliphatic carbocycles. The van der Waals surface area contributed by atoms with Crippen LogP contribution < -0.4 is 14.4 Å². The molecule has 39 heavy (non-hydrogen) atoms. The van der Waals surface area contributed by atoms with Crippen molar-refractivity contribution in [2.75, 3.05) is 18.6 Å². The van der Waals surface area contributed by atoms with E-state index in [9.17, 15) is 14.7 Å². The van der Waals surface area contributed by atoms with E-state index < -0.39 is 23.5 Å². The lowest BCUT2D eigenvalue weighted by Gasteiger charge is -2.27. The predicted molar refractivity (Wildman–Crippen MR) is 155 cm³/mol. The van der Waals surface area contributed by atoms with Crippen molar-refractivity contribution >= 4 is 46.3 Å². The minimum absolute atomic E-state index is 0.0972. The van der Waals surface area contributed by atoms with E-state index in [0.29, 0.717) is 23.6 Å². The second-order valence-corrected chi connectivity index (χ2v) is 11.2. The van der Waals surface area contributed by atoms with E-state index in [2.05, 4.69) is 20.8 Å². The number of ether oxygens (including phenoxy) is 2. The van der Waals surface area contributed by atoms with E-state index in [0.717, 1.165) is 12.0 Å². The molecule has 8 heteroatoms. The summed E-state index contributed by atoms with van der Waals surface area (Å²) in [5.41, 5.74) is 2.11. The Morgan fingerprint density at radius 1 is 1.03 bits per heavy atom. The van der Waals surface area contributed by atoms with Gasteiger partial charge in [-0.3, -0.25) is 14.5 Å². The standard InChI is InChI=1S/C31H31Cl2NO5/c1-6-14-39-22-9-7-8-21(17-22)34-26(18-10-12-19(13-11-18)31(2,3)4)25(28(36)30(34)37)27(35)23-15-20(32)16-24(33)29(23)38-5/h7-13,15-17,26,35H,6,14H2,1-5H3/b27-25+. The van der Waals surface area contributed by atoms with Gasteiger partial charge in [0.25, 0.3) is 11.7 Å². The minimum atomic E-state index is -0.928. The third-order valence-electron chi connectivity index (χ3n) is 6.57. The molecule has 1 fully saturated rings. The molecule has 6 nitrogen and oxygen atoms in total. The number of aliphatic hydroxyl groups is 1. The molecule has 0 spiro atoms. The molecular weight excluding hydrogens is 537 g/mol. The first-order chi connectivity index (χ1) is 18.5. The van der Waals surface area contributed by atoms with Crippen LogP contribution in [0.1, 0.15) is 56.8 Å². The van der Waals surface area contributed by atoms with Gasteiger partial charge in [-0.1, -0.05) is 81.2 Å². The fraction of sp³-hybridized carbons (Fsp3) is 0.290. The highest BCUT2D eigenvalue weighted by molar-refractivity contribution is 6.52. The lowest BCUT2D eigenvalue weighted by atomic mass is 9.85. The molecule has 1 heterocycles. The van der Waals surface area contributed by atoms with Crippen LogP contribution >= 0.6 is 23.2 Å². The zero-order valence-electron chi connectivity index (χ0n) is 22.5. The molecule has 3 aromatic carbocycles. The van der Waals surface area contributed by atoms with Crippen molar-refractivity contribution in [2.24, 2.45) is 0 Å². The molecule has 0 aromatic heterocycles. The molecule has 4 rings (SSSR count). The molecule has 0 radical (unpaired) electrons. The van der Waals surface area contributed by atoms with E-state index in [4.69, 9.17) is 32.7 Å². The average molecular weight is 568 g/mol. The Morgan fingerprint density at radius 3 is 2.33 bits per heavy atom. The van der Waals surface area contributed by atoms with E-state index >= 15 is 0 Å². The van der Waals surface area contributed by atoms with Crippen LogP contribution in [0.15, 0.2) is 66.2 Å². The van der Waals surface area contributed by atoms with E-state index in [1.54, 1.807) is 24.3 Å². The smallest absolute Gasteiger partial charge is 0.300 e. The first kappa shape index (κ1) is 28.5. The monoisotopic (exact) mass is 567 g/mol. The van der Waals surface area contributed by atoms with Gasteiger partial charge in [-0.15, -0.1) is 0 Å². The molecule has 204 valence electrons. The summed E-state index contributed by atoms with van der Waals surface area (Å²) in [5.74, 6) is -1.33. The van der Waals surface area contributed by atoms with Crippen molar-refractivity contribution in [1.29, 1.82) is 0 Å². The summed E-state index contributed by atoms with van der Waals surface area (Å²) >= 11 is 12.6. The van der Waals surface area contributed by atoms with Crippen LogP contribution in [0.3, 0.4) is 0 Å². The van der Waals surface area contributed by atoms with Crippen molar-refractivity contribution in [3.8, 4) is 11.5 Å².